The van der Waals surface area contributed by atoms with Gasteiger partial charge < -0.3 is 10.2 Å². The molecule has 0 aliphatic carbocycles. The number of hydrogen-bond acceptors (Lipinski definition) is 3. The van der Waals surface area contributed by atoms with Crippen molar-refractivity contribution < 1.29 is 9.59 Å². The van der Waals surface area contributed by atoms with Crippen LogP contribution >= 0.6 is 0 Å². The number of rotatable bonds is 4. The number of benzene rings is 2. The molecule has 0 atom stereocenters. The average molecular weight is 362 g/mol. The minimum absolute atomic E-state index is 0.0539. The van der Waals surface area contributed by atoms with Crippen LogP contribution in [0.4, 0.5) is 5.69 Å². The predicted octanol–water partition coefficient (Wildman–Crippen LogP) is 3.22. The fraction of sp³-hybridized carbons (Fsp3) is 0.286. The van der Waals surface area contributed by atoms with Gasteiger partial charge in [0, 0.05) is 24.2 Å². The first-order valence-corrected chi connectivity index (χ1v) is 9.24. The van der Waals surface area contributed by atoms with E-state index in [4.69, 9.17) is 0 Å². The monoisotopic (exact) mass is 362 g/mol. The number of carbonyl (C=O) groups excluding carboxylic acids is 2. The highest BCUT2D eigenvalue weighted by Crippen LogP contribution is 2.22. The minimum atomic E-state index is -0.169. The van der Waals surface area contributed by atoms with E-state index in [2.05, 4.69) is 10.4 Å². The summed E-state index contributed by atoms with van der Waals surface area (Å²) in [7, 11) is 0. The highest BCUT2D eigenvalue weighted by atomic mass is 16.2. The molecule has 6 heteroatoms. The maximum atomic E-state index is 12.8. The SMILES string of the molecule is Cc1ccccc1NC(=O)Cn1nc(C(=O)N2CCCC2)c2ccccc21. The summed E-state index contributed by atoms with van der Waals surface area (Å²) in [4.78, 5) is 27.2. The van der Waals surface area contributed by atoms with Crippen LogP contribution in [0, 0.1) is 6.92 Å². The Labute approximate surface area is 157 Å². The van der Waals surface area contributed by atoms with E-state index in [1.165, 1.54) is 0 Å². The average Bonchev–Trinajstić information content (AvgIpc) is 3.32. The molecule has 2 aromatic carbocycles. The van der Waals surface area contributed by atoms with Crippen LogP contribution in [0.5, 0.6) is 0 Å². The zero-order valence-corrected chi connectivity index (χ0v) is 15.3. The number of nitrogens with one attached hydrogen (secondary N) is 1. The molecule has 2 amide bonds. The van der Waals surface area contributed by atoms with Gasteiger partial charge in [-0.15, -0.1) is 0 Å². The van der Waals surface area contributed by atoms with Crippen LogP contribution in [-0.4, -0.2) is 39.6 Å². The summed E-state index contributed by atoms with van der Waals surface area (Å²) in [6, 6.07) is 15.2. The Morgan fingerprint density at radius 2 is 1.74 bits per heavy atom. The normalized spacial score (nSPS) is 13.9. The molecule has 3 aromatic rings. The van der Waals surface area contributed by atoms with Gasteiger partial charge in [-0.1, -0.05) is 36.4 Å². The van der Waals surface area contributed by atoms with Crippen LogP contribution in [0.15, 0.2) is 48.5 Å². The first kappa shape index (κ1) is 17.3. The van der Waals surface area contributed by atoms with Crippen molar-refractivity contribution in [3.8, 4) is 0 Å². The largest absolute Gasteiger partial charge is 0.337 e. The Morgan fingerprint density at radius 1 is 1.04 bits per heavy atom. The predicted molar refractivity (Wildman–Crippen MR) is 105 cm³/mol. The van der Waals surface area contributed by atoms with Crippen molar-refractivity contribution >= 4 is 28.4 Å². The van der Waals surface area contributed by atoms with Gasteiger partial charge in [0.15, 0.2) is 5.69 Å². The minimum Gasteiger partial charge on any atom is -0.337 e. The summed E-state index contributed by atoms with van der Waals surface area (Å²) in [5, 5.41) is 8.21. The second-order valence-corrected chi connectivity index (χ2v) is 6.89. The Morgan fingerprint density at radius 3 is 2.52 bits per heavy atom. The molecule has 0 bridgehead atoms. The van der Waals surface area contributed by atoms with Crippen molar-refractivity contribution in [1.82, 2.24) is 14.7 Å². The molecule has 2 heterocycles. The van der Waals surface area contributed by atoms with E-state index in [-0.39, 0.29) is 18.4 Å². The van der Waals surface area contributed by atoms with Gasteiger partial charge in [-0.2, -0.15) is 5.10 Å². The third-order valence-corrected chi connectivity index (χ3v) is 4.97. The summed E-state index contributed by atoms with van der Waals surface area (Å²) in [6.45, 7) is 3.55. The molecular weight excluding hydrogens is 340 g/mol. The molecule has 1 aromatic heterocycles. The summed E-state index contributed by atoms with van der Waals surface area (Å²) in [6.07, 6.45) is 2.06. The number of aryl methyl sites for hydroxylation is 1. The van der Waals surface area contributed by atoms with Gasteiger partial charge in [-0.25, -0.2) is 0 Å². The van der Waals surface area contributed by atoms with E-state index in [9.17, 15) is 9.59 Å². The zero-order valence-electron chi connectivity index (χ0n) is 15.3. The molecule has 1 fully saturated rings. The molecule has 0 spiro atoms. The Hall–Kier alpha value is -3.15. The molecule has 0 radical (unpaired) electrons. The number of para-hydroxylation sites is 2. The van der Waals surface area contributed by atoms with Gasteiger partial charge in [-0.3, -0.25) is 14.3 Å². The molecule has 0 unspecified atom stereocenters. The van der Waals surface area contributed by atoms with Crippen LogP contribution in [0.1, 0.15) is 28.9 Å². The Bertz CT molecular complexity index is 1000. The van der Waals surface area contributed by atoms with E-state index in [1.807, 2.05) is 60.4 Å². The van der Waals surface area contributed by atoms with E-state index in [0.717, 1.165) is 48.1 Å². The van der Waals surface area contributed by atoms with E-state index < -0.39 is 0 Å². The van der Waals surface area contributed by atoms with E-state index in [1.54, 1.807) is 4.68 Å². The molecule has 1 N–H and O–H groups in total. The van der Waals surface area contributed by atoms with Gasteiger partial charge in [0.2, 0.25) is 5.91 Å². The highest BCUT2D eigenvalue weighted by molar-refractivity contribution is 6.05. The number of likely N-dealkylation sites (tertiary alicyclic amines) is 1. The zero-order chi connectivity index (χ0) is 18.8. The second kappa shape index (κ2) is 7.23. The number of carbonyl (C=O) groups is 2. The lowest BCUT2D eigenvalue weighted by Crippen LogP contribution is -2.28. The van der Waals surface area contributed by atoms with Gasteiger partial charge >= 0.3 is 0 Å². The fourth-order valence-corrected chi connectivity index (χ4v) is 3.51. The fourth-order valence-electron chi connectivity index (χ4n) is 3.51. The summed E-state index contributed by atoms with van der Waals surface area (Å²) in [5.41, 5.74) is 3.00. The van der Waals surface area contributed by atoms with Crippen LogP contribution in [-0.2, 0) is 11.3 Å². The number of fused-ring (bicyclic) bond motifs is 1. The quantitative estimate of drug-likeness (QED) is 0.775. The van der Waals surface area contributed by atoms with E-state index in [0.29, 0.717) is 5.69 Å². The maximum absolute atomic E-state index is 12.8. The number of anilines is 1. The highest BCUT2D eigenvalue weighted by Gasteiger charge is 2.25. The van der Waals surface area contributed by atoms with Crippen molar-refractivity contribution in [2.24, 2.45) is 0 Å². The molecule has 138 valence electrons. The molecule has 6 nitrogen and oxygen atoms in total. The number of hydrogen-bond donors (Lipinski definition) is 1. The maximum Gasteiger partial charge on any atom is 0.275 e. The summed E-state index contributed by atoms with van der Waals surface area (Å²) < 4.78 is 1.62. The van der Waals surface area contributed by atoms with Crippen molar-refractivity contribution in [3.63, 3.8) is 0 Å². The van der Waals surface area contributed by atoms with Crippen molar-refractivity contribution in [2.45, 2.75) is 26.3 Å². The Balaban J connectivity index is 1.61. The van der Waals surface area contributed by atoms with Crippen LogP contribution in [0.2, 0.25) is 0 Å². The lowest BCUT2D eigenvalue weighted by molar-refractivity contribution is -0.116. The second-order valence-electron chi connectivity index (χ2n) is 6.89. The number of nitrogens with zero attached hydrogens (tertiary/aromatic N) is 3. The van der Waals surface area contributed by atoms with Crippen LogP contribution < -0.4 is 5.32 Å². The molecule has 1 aliphatic rings. The Kier molecular flexibility index (Phi) is 4.62. The third-order valence-electron chi connectivity index (χ3n) is 4.97. The molecule has 27 heavy (non-hydrogen) atoms. The molecule has 0 saturated carbocycles. The van der Waals surface area contributed by atoms with Crippen LogP contribution in [0.3, 0.4) is 0 Å². The van der Waals surface area contributed by atoms with Crippen LogP contribution in [0.25, 0.3) is 10.9 Å². The topological polar surface area (TPSA) is 67.2 Å². The van der Waals surface area contributed by atoms with Crippen molar-refractivity contribution in [3.05, 3.63) is 59.8 Å². The summed E-state index contributed by atoms with van der Waals surface area (Å²) in [5.74, 6) is -0.223. The molecular formula is C21H22N4O2. The number of aromatic nitrogens is 2. The smallest absolute Gasteiger partial charge is 0.275 e. The number of amides is 2. The van der Waals surface area contributed by atoms with E-state index >= 15 is 0 Å². The van der Waals surface area contributed by atoms with Gasteiger partial charge in [0.25, 0.3) is 5.91 Å². The first-order valence-electron chi connectivity index (χ1n) is 9.24. The van der Waals surface area contributed by atoms with Crippen molar-refractivity contribution in [1.29, 1.82) is 0 Å². The third kappa shape index (κ3) is 3.43. The lowest BCUT2D eigenvalue weighted by Gasteiger charge is -2.13. The van der Waals surface area contributed by atoms with Gasteiger partial charge in [0.05, 0.1) is 5.52 Å². The van der Waals surface area contributed by atoms with Gasteiger partial charge in [-0.05, 0) is 37.5 Å². The lowest BCUT2D eigenvalue weighted by atomic mass is 10.2. The summed E-state index contributed by atoms with van der Waals surface area (Å²) >= 11 is 0. The van der Waals surface area contributed by atoms with Crippen molar-refractivity contribution in [2.75, 3.05) is 18.4 Å². The molecule has 1 saturated heterocycles. The van der Waals surface area contributed by atoms with Gasteiger partial charge in [0.1, 0.15) is 6.54 Å². The molecule has 1 aliphatic heterocycles. The first-order chi connectivity index (χ1) is 13.1. The standard InChI is InChI=1S/C21H22N4O2/c1-15-8-2-4-10-17(15)22-19(26)14-25-18-11-5-3-9-16(18)20(23-25)21(27)24-12-6-7-13-24/h2-5,8-11H,6-7,12-14H2,1H3,(H,22,26). The molecule has 4 rings (SSSR count).